The molecule has 1 aromatic carbocycles. The summed E-state index contributed by atoms with van der Waals surface area (Å²) in [6.45, 7) is 3.34. The summed E-state index contributed by atoms with van der Waals surface area (Å²) in [4.78, 5) is 12.1. The Kier molecular flexibility index (Phi) is 3.92. The smallest absolute Gasteiger partial charge is 0.342 e. The van der Waals surface area contributed by atoms with E-state index in [1.165, 1.54) is 13.2 Å². The number of hydrogen-bond donors (Lipinski definition) is 1. The fraction of sp³-hybridized carbons (Fsp3) is 0.211. The second-order valence-corrected chi connectivity index (χ2v) is 5.49. The number of hydrogen-bond acceptors (Lipinski definition) is 4. The number of fused-ring (bicyclic) bond motifs is 1. The van der Waals surface area contributed by atoms with Crippen LogP contribution in [-0.4, -0.2) is 17.7 Å². The van der Waals surface area contributed by atoms with E-state index in [4.69, 9.17) is 9.15 Å². The highest BCUT2D eigenvalue weighted by Crippen LogP contribution is 2.43. The first-order valence-corrected chi connectivity index (χ1v) is 7.51. The maximum absolute atomic E-state index is 12.1. The monoisotopic (exact) mass is 310 g/mol. The zero-order valence-electron chi connectivity index (χ0n) is 13.1. The first-order chi connectivity index (χ1) is 11.1. The van der Waals surface area contributed by atoms with Crippen LogP contribution < -0.4 is 0 Å². The van der Waals surface area contributed by atoms with Gasteiger partial charge in [-0.25, -0.2) is 4.79 Å². The van der Waals surface area contributed by atoms with Crippen molar-refractivity contribution in [2.75, 3.05) is 6.61 Å². The molecule has 2 aliphatic rings. The maximum Gasteiger partial charge on any atom is 0.342 e. The summed E-state index contributed by atoms with van der Waals surface area (Å²) < 4.78 is 10.6. The quantitative estimate of drug-likeness (QED) is 0.744. The van der Waals surface area contributed by atoms with Crippen molar-refractivity contribution in [3.05, 3.63) is 60.4 Å². The molecular weight excluding hydrogens is 292 g/mol. The van der Waals surface area contributed by atoms with Crippen LogP contribution in [0, 0.1) is 0 Å². The lowest BCUT2D eigenvalue weighted by molar-refractivity contribution is -0.164. The van der Waals surface area contributed by atoms with Crippen LogP contribution in [0.15, 0.2) is 59.2 Å². The van der Waals surface area contributed by atoms with Crippen molar-refractivity contribution in [2.24, 2.45) is 0 Å². The van der Waals surface area contributed by atoms with Crippen LogP contribution in [-0.2, 0) is 15.1 Å². The molecular formula is C19H18O4. The fourth-order valence-electron chi connectivity index (χ4n) is 2.69. The molecule has 0 saturated heterocycles. The molecule has 1 aliphatic heterocycles. The standard InChI is InChI=1S/C19H18O4/c1-3-22-18(20)19(2,21)16-12-15(13-8-5-4-6-9-13)14-10-7-11-23-17(14)16/h4-12,21H,3H2,1-2H3. The summed E-state index contributed by atoms with van der Waals surface area (Å²) in [7, 11) is 0. The zero-order valence-corrected chi connectivity index (χ0v) is 13.1. The van der Waals surface area contributed by atoms with Gasteiger partial charge in [0, 0.05) is 11.1 Å². The molecule has 0 amide bonds. The van der Waals surface area contributed by atoms with E-state index in [9.17, 15) is 9.90 Å². The molecule has 0 radical (unpaired) electrons. The lowest BCUT2D eigenvalue weighted by atomic mass is 9.97. The maximum atomic E-state index is 12.1. The molecule has 0 spiro atoms. The van der Waals surface area contributed by atoms with E-state index in [1.54, 1.807) is 19.1 Å². The molecule has 1 unspecified atom stereocenters. The van der Waals surface area contributed by atoms with Crippen LogP contribution in [0.3, 0.4) is 0 Å². The Morgan fingerprint density at radius 1 is 1.17 bits per heavy atom. The van der Waals surface area contributed by atoms with Crippen molar-refractivity contribution < 1.29 is 19.1 Å². The highest BCUT2D eigenvalue weighted by atomic mass is 16.5. The van der Waals surface area contributed by atoms with E-state index in [2.05, 4.69) is 0 Å². The van der Waals surface area contributed by atoms with E-state index in [0.717, 1.165) is 16.7 Å². The summed E-state index contributed by atoms with van der Waals surface area (Å²) >= 11 is 0. The molecule has 1 atom stereocenters. The summed E-state index contributed by atoms with van der Waals surface area (Å²) in [6.07, 6.45) is 1.53. The van der Waals surface area contributed by atoms with Gasteiger partial charge in [-0.2, -0.15) is 0 Å². The van der Waals surface area contributed by atoms with Gasteiger partial charge in [0.1, 0.15) is 5.76 Å². The first kappa shape index (κ1) is 15.3. The number of aliphatic hydroxyl groups is 1. The van der Waals surface area contributed by atoms with Gasteiger partial charge in [0.2, 0.25) is 0 Å². The van der Waals surface area contributed by atoms with E-state index in [0.29, 0.717) is 11.3 Å². The number of ether oxygens (including phenoxy) is 1. The number of benzene rings is 1. The van der Waals surface area contributed by atoms with E-state index in [1.807, 2.05) is 36.4 Å². The van der Waals surface area contributed by atoms with Crippen LogP contribution in [0.1, 0.15) is 19.4 Å². The molecule has 3 rings (SSSR count). The van der Waals surface area contributed by atoms with Crippen molar-refractivity contribution in [3.8, 4) is 22.5 Å². The summed E-state index contributed by atoms with van der Waals surface area (Å²) in [5, 5.41) is 10.7. The van der Waals surface area contributed by atoms with Crippen LogP contribution >= 0.6 is 0 Å². The van der Waals surface area contributed by atoms with Crippen molar-refractivity contribution in [1.29, 1.82) is 0 Å². The number of carbonyl (C=O) groups excluding carboxylic acids is 1. The summed E-state index contributed by atoms with van der Waals surface area (Å²) in [6, 6.07) is 15.3. The SMILES string of the molecule is CCOC(=O)C(C)(O)c1cc(-c2ccccc2)c2cccoc1-2. The summed E-state index contributed by atoms with van der Waals surface area (Å²) in [5.74, 6) is -0.199. The van der Waals surface area contributed by atoms with Gasteiger partial charge in [-0.05, 0) is 43.2 Å². The second-order valence-electron chi connectivity index (χ2n) is 5.49. The predicted octanol–water partition coefficient (Wildman–Crippen LogP) is 3.82. The predicted molar refractivity (Wildman–Crippen MR) is 87.0 cm³/mol. The van der Waals surface area contributed by atoms with Gasteiger partial charge in [0.05, 0.1) is 12.9 Å². The lowest BCUT2D eigenvalue weighted by Crippen LogP contribution is -2.34. The second kappa shape index (κ2) is 5.89. The lowest BCUT2D eigenvalue weighted by Gasteiger charge is -2.20. The molecule has 0 bridgehead atoms. The minimum Gasteiger partial charge on any atom is -0.464 e. The highest BCUT2D eigenvalue weighted by Gasteiger charge is 2.39. The van der Waals surface area contributed by atoms with Crippen LogP contribution in [0.25, 0.3) is 22.5 Å². The molecule has 0 aromatic heterocycles. The molecule has 23 heavy (non-hydrogen) atoms. The molecule has 1 aromatic rings. The molecule has 0 saturated carbocycles. The third kappa shape index (κ3) is 2.62. The third-order valence-electron chi connectivity index (χ3n) is 3.88. The van der Waals surface area contributed by atoms with Gasteiger partial charge in [-0.3, -0.25) is 0 Å². The van der Waals surface area contributed by atoms with Gasteiger partial charge in [-0.15, -0.1) is 0 Å². The Balaban J connectivity index is 2.18. The van der Waals surface area contributed by atoms with Crippen LogP contribution in [0.2, 0.25) is 0 Å². The van der Waals surface area contributed by atoms with E-state index >= 15 is 0 Å². The minimum atomic E-state index is -1.77. The largest absolute Gasteiger partial charge is 0.464 e. The van der Waals surface area contributed by atoms with Crippen molar-refractivity contribution >= 4 is 5.97 Å². The Morgan fingerprint density at radius 3 is 2.61 bits per heavy atom. The van der Waals surface area contributed by atoms with Crippen molar-refractivity contribution in [2.45, 2.75) is 19.4 Å². The van der Waals surface area contributed by atoms with Crippen molar-refractivity contribution in [3.63, 3.8) is 0 Å². The van der Waals surface area contributed by atoms with E-state index < -0.39 is 11.6 Å². The van der Waals surface area contributed by atoms with Gasteiger partial charge in [0.15, 0.2) is 5.60 Å². The van der Waals surface area contributed by atoms with Gasteiger partial charge in [-0.1, -0.05) is 30.3 Å². The Morgan fingerprint density at radius 2 is 1.91 bits per heavy atom. The molecule has 1 heterocycles. The normalized spacial score (nSPS) is 13.7. The first-order valence-electron chi connectivity index (χ1n) is 7.51. The molecule has 4 heteroatoms. The fourth-order valence-corrected chi connectivity index (χ4v) is 2.69. The number of esters is 1. The minimum absolute atomic E-state index is 0.205. The number of rotatable bonds is 4. The van der Waals surface area contributed by atoms with Crippen LogP contribution in [0.4, 0.5) is 0 Å². The third-order valence-corrected chi connectivity index (χ3v) is 3.88. The molecule has 1 N–H and O–H groups in total. The Bertz CT molecular complexity index is 786. The average molecular weight is 310 g/mol. The summed E-state index contributed by atoms with van der Waals surface area (Å²) in [5.41, 5.74) is 1.38. The molecule has 118 valence electrons. The Hall–Kier alpha value is -2.59. The molecule has 1 aliphatic carbocycles. The van der Waals surface area contributed by atoms with Gasteiger partial charge in [0.25, 0.3) is 0 Å². The van der Waals surface area contributed by atoms with Crippen molar-refractivity contribution in [1.82, 2.24) is 0 Å². The van der Waals surface area contributed by atoms with Crippen LogP contribution in [0.5, 0.6) is 0 Å². The van der Waals surface area contributed by atoms with Gasteiger partial charge >= 0.3 is 5.97 Å². The molecule has 4 nitrogen and oxygen atoms in total. The Labute approximate surface area is 134 Å². The average Bonchev–Trinajstić information content (AvgIpc) is 2.96. The van der Waals surface area contributed by atoms with Gasteiger partial charge < -0.3 is 14.3 Å². The molecule has 0 fully saturated rings. The number of carbonyl (C=O) groups is 1. The topological polar surface area (TPSA) is 59.7 Å². The highest BCUT2D eigenvalue weighted by molar-refractivity contribution is 5.91. The zero-order chi connectivity index (χ0) is 16.4. The van der Waals surface area contributed by atoms with E-state index in [-0.39, 0.29) is 6.61 Å².